The van der Waals surface area contributed by atoms with Crippen molar-refractivity contribution in [2.45, 2.75) is 59.2 Å². The topological polar surface area (TPSA) is 57.5 Å². The van der Waals surface area contributed by atoms with Crippen molar-refractivity contribution in [2.24, 2.45) is 16.7 Å². The van der Waals surface area contributed by atoms with E-state index < -0.39 is 6.10 Å². The van der Waals surface area contributed by atoms with Crippen LogP contribution in [-0.4, -0.2) is 28.7 Å². The highest BCUT2D eigenvalue weighted by molar-refractivity contribution is 5.75. The summed E-state index contributed by atoms with van der Waals surface area (Å²) in [6.45, 7) is 8.18. The summed E-state index contributed by atoms with van der Waals surface area (Å²) in [4.78, 5) is 11.0. The van der Waals surface area contributed by atoms with Gasteiger partial charge in [0.25, 0.3) is 0 Å². The molecular weight excluding hydrogens is 228 g/mol. The number of carbonyl (C=O) groups excluding carboxylic acids is 1. The summed E-state index contributed by atoms with van der Waals surface area (Å²) in [5.74, 6) is 0.154. The van der Waals surface area contributed by atoms with Gasteiger partial charge in [0.15, 0.2) is 0 Å². The van der Waals surface area contributed by atoms with Gasteiger partial charge in [-0.1, -0.05) is 20.8 Å². The number of aliphatic hydroxyl groups is 2. The molecule has 2 aliphatic rings. The van der Waals surface area contributed by atoms with Crippen LogP contribution >= 0.6 is 0 Å². The molecule has 0 aromatic heterocycles. The van der Waals surface area contributed by atoms with E-state index in [0.29, 0.717) is 12.0 Å². The lowest BCUT2D eigenvalue weighted by molar-refractivity contribution is -0.105. The van der Waals surface area contributed by atoms with Crippen LogP contribution in [-0.2, 0) is 4.79 Å². The molecule has 1 unspecified atom stereocenters. The second kappa shape index (κ2) is 4.17. The van der Waals surface area contributed by atoms with E-state index in [9.17, 15) is 15.0 Å². The SMILES string of the molecule is C/C(C=O)=C1\[C@@H](O)C[C@]1(C)C1CC(C)(C)C[C@H]1O. The Labute approximate surface area is 109 Å². The van der Waals surface area contributed by atoms with Crippen molar-refractivity contribution in [3.63, 3.8) is 0 Å². The summed E-state index contributed by atoms with van der Waals surface area (Å²) in [5.41, 5.74) is 1.42. The Morgan fingerprint density at radius 3 is 2.22 bits per heavy atom. The van der Waals surface area contributed by atoms with Gasteiger partial charge in [0.2, 0.25) is 0 Å². The zero-order valence-corrected chi connectivity index (χ0v) is 11.7. The first-order valence-corrected chi connectivity index (χ1v) is 6.74. The van der Waals surface area contributed by atoms with Gasteiger partial charge >= 0.3 is 0 Å². The van der Waals surface area contributed by atoms with Crippen LogP contribution in [0.5, 0.6) is 0 Å². The first-order valence-electron chi connectivity index (χ1n) is 6.74. The van der Waals surface area contributed by atoms with Crippen LogP contribution < -0.4 is 0 Å². The van der Waals surface area contributed by atoms with Crippen molar-refractivity contribution in [1.29, 1.82) is 0 Å². The zero-order valence-electron chi connectivity index (χ0n) is 11.7. The molecule has 3 heteroatoms. The highest BCUT2D eigenvalue weighted by Crippen LogP contribution is 2.59. The molecule has 0 spiro atoms. The molecule has 102 valence electrons. The minimum atomic E-state index is -0.504. The largest absolute Gasteiger partial charge is 0.393 e. The van der Waals surface area contributed by atoms with E-state index in [0.717, 1.165) is 24.7 Å². The Morgan fingerprint density at radius 2 is 1.83 bits per heavy atom. The molecule has 0 aromatic carbocycles. The van der Waals surface area contributed by atoms with E-state index in [2.05, 4.69) is 20.8 Å². The maximum absolute atomic E-state index is 11.0. The third kappa shape index (κ3) is 1.94. The fourth-order valence-corrected chi connectivity index (χ4v) is 4.16. The molecular formula is C15H24O3. The number of rotatable bonds is 2. The fourth-order valence-electron chi connectivity index (χ4n) is 4.16. The first-order chi connectivity index (χ1) is 8.21. The predicted molar refractivity (Wildman–Crippen MR) is 70.0 cm³/mol. The molecule has 0 aliphatic heterocycles. The standard InChI is InChI=1S/C15H24O3/c1-9(8-16)13-12(18)7-15(13,4)10-5-14(2,3)6-11(10)17/h8,10-12,17-18H,5-7H2,1-4H3/b13-9-/t10?,11-,12+,15-/m1/s1. The molecule has 0 amide bonds. The van der Waals surface area contributed by atoms with Gasteiger partial charge < -0.3 is 10.2 Å². The summed E-state index contributed by atoms with van der Waals surface area (Å²) < 4.78 is 0. The van der Waals surface area contributed by atoms with Crippen LogP contribution in [0.3, 0.4) is 0 Å². The molecule has 2 aliphatic carbocycles. The molecule has 2 saturated carbocycles. The quantitative estimate of drug-likeness (QED) is 0.584. The molecule has 18 heavy (non-hydrogen) atoms. The monoisotopic (exact) mass is 252 g/mol. The summed E-state index contributed by atoms with van der Waals surface area (Å²) in [5, 5.41) is 20.2. The molecule has 4 atom stereocenters. The number of allylic oxidation sites excluding steroid dienone is 1. The van der Waals surface area contributed by atoms with Crippen molar-refractivity contribution < 1.29 is 15.0 Å². The zero-order chi connectivity index (χ0) is 13.7. The molecule has 3 nitrogen and oxygen atoms in total. The van der Waals surface area contributed by atoms with Gasteiger partial charge in [-0.2, -0.15) is 0 Å². The van der Waals surface area contributed by atoms with Crippen molar-refractivity contribution in [3.8, 4) is 0 Å². The molecule has 0 bridgehead atoms. The lowest BCUT2D eigenvalue weighted by atomic mass is 9.55. The molecule has 2 fully saturated rings. The fraction of sp³-hybridized carbons (Fsp3) is 0.800. The number of hydrogen-bond donors (Lipinski definition) is 2. The number of aliphatic hydroxyl groups excluding tert-OH is 2. The highest BCUT2D eigenvalue weighted by Gasteiger charge is 2.56. The molecule has 2 rings (SSSR count). The summed E-state index contributed by atoms with van der Waals surface area (Å²) in [7, 11) is 0. The Kier molecular flexibility index (Phi) is 3.19. The number of hydrogen-bond acceptors (Lipinski definition) is 3. The van der Waals surface area contributed by atoms with Gasteiger partial charge in [0.05, 0.1) is 12.2 Å². The van der Waals surface area contributed by atoms with E-state index in [4.69, 9.17) is 0 Å². The van der Waals surface area contributed by atoms with Crippen molar-refractivity contribution in [2.75, 3.05) is 0 Å². The smallest absolute Gasteiger partial charge is 0.145 e. The van der Waals surface area contributed by atoms with E-state index in [1.807, 2.05) is 0 Å². The lowest BCUT2D eigenvalue weighted by Gasteiger charge is -2.51. The third-order valence-corrected chi connectivity index (χ3v) is 4.98. The van der Waals surface area contributed by atoms with Crippen LogP contribution in [0.4, 0.5) is 0 Å². The Morgan fingerprint density at radius 1 is 1.22 bits per heavy atom. The molecule has 0 aromatic rings. The normalized spacial score (nSPS) is 45.6. The third-order valence-electron chi connectivity index (χ3n) is 4.98. The molecule has 0 radical (unpaired) electrons. The van der Waals surface area contributed by atoms with Gasteiger partial charge in [-0.25, -0.2) is 0 Å². The minimum Gasteiger partial charge on any atom is -0.393 e. The Hall–Kier alpha value is -0.670. The highest BCUT2D eigenvalue weighted by atomic mass is 16.3. The molecule has 0 heterocycles. The minimum absolute atomic E-state index is 0.147. The van der Waals surface area contributed by atoms with Crippen LogP contribution in [0.2, 0.25) is 0 Å². The van der Waals surface area contributed by atoms with Crippen molar-refractivity contribution >= 4 is 6.29 Å². The lowest BCUT2D eigenvalue weighted by Crippen LogP contribution is -2.50. The van der Waals surface area contributed by atoms with Crippen molar-refractivity contribution in [3.05, 3.63) is 11.1 Å². The maximum Gasteiger partial charge on any atom is 0.145 e. The summed E-state index contributed by atoms with van der Waals surface area (Å²) in [6, 6.07) is 0. The van der Waals surface area contributed by atoms with Crippen LogP contribution in [0.15, 0.2) is 11.1 Å². The summed E-state index contributed by atoms with van der Waals surface area (Å²) >= 11 is 0. The van der Waals surface area contributed by atoms with Crippen LogP contribution in [0.1, 0.15) is 47.0 Å². The van der Waals surface area contributed by atoms with E-state index in [1.165, 1.54) is 0 Å². The maximum atomic E-state index is 11.0. The Balaban J connectivity index is 2.31. The van der Waals surface area contributed by atoms with Gasteiger partial charge in [0, 0.05) is 0 Å². The first kappa shape index (κ1) is 13.8. The van der Waals surface area contributed by atoms with Crippen molar-refractivity contribution in [1.82, 2.24) is 0 Å². The van der Waals surface area contributed by atoms with Gasteiger partial charge in [0.1, 0.15) is 6.29 Å². The second-order valence-electron chi connectivity index (χ2n) is 7.10. The molecule has 2 N–H and O–H groups in total. The number of carbonyl (C=O) groups is 1. The van der Waals surface area contributed by atoms with E-state index in [1.54, 1.807) is 6.92 Å². The second-order valence-corrected chi connectivity index (χ2v) is 7.10. The predicted octanol–water partition coefficient (Wildman–Crippen LogP) is 2.07. The van der Waals surface area contributed by atoms with Gasteiger partial charge in [-0.05, 0) is 54.1 Å². The van der Waals surface area contributed by atoms with Gasteiger partial charge in [-0.3, -0.25) is 4.79 Å². The van der Waals surface area contributed by atoms with E-state index >= 15 is 0 Å². The van der Waals surface area contributed by atoms with Gasteiger partial charge in [-0.15, -0.1) is 0 Å². The summed E-state index contributed by atoms with van der Waals surface area (Å²) in [6.07, 6.45) is 2.40. The average Bonchev–Trinajstić information content (AvgIpc) is 2.51. The number of aldehydes is 1. The molecule has 0 saturated heterocycles. The average molecular weight is 252 g/mol. The van der Waals surface area contributed by atoms with E-state index in [-0.39, 0.29) is 22.9 Å². The van der Waals surface area contributed by atoms with Crippen LogP contribution in [0.25, 0.3) is 0 Å². The van der Waals surface area contributed by atoms with Crippen LogP contribution in [0, 0.1) is 16.7 Å². The Bertz CT molecular complexity index is 397.